The van der Waals surface area contributed by atoms with E-state index in [9.17, 15) is 5.26 Å². The molecule has 3 nitrogen and oxygen atoms in total. The van der Waals surface area contributed by atoms with Crippen molar-refractivity contribution in [2.24, 2.45) is 7.05 Å². The van der Waals surface area contributed by atoms with Crippen LogP contribution in [0.3, 0.4) is 0 Å². The van der Waals surface area contributed by atoms with Crippen molar-refractivity contribution >= 4 is 21.9 Å². The van der Waals surface area contributed by atoms with Gasteiger partial charge in [-0.15, -0.1) is 0 Å². The number of fused-ring (bicyclic) bond motifs is 3. The van der Waals surface area contributed by atoms with Crippen molar-refractivity contribution < 1.29 is 8.98 Å². The van der Waals surface area contributed by atoms with Crippen LogP contribution in [0.15, 0.2) is 77.3 Å². The van der Waals surface area contributed by atoms with E-state index in [1.165, 1.54) is 5.56 Å². The highest BCUT2D eigenvalue weighted by Crippen LogP contribution is 2.40. The molecule has 0 fully saturated rings. The molecule has 0 bridgehead atoms. The van der Waals surface area contributed by atoms with E-state index < -0.39 is 0 Å². The summed E-state index contributed by atoms with van der Waals surface area (Å²) in [5.41, 5.74) is 8.55. The molecule has 156 valence electrons. The highest BCUT2D eigenvalue weighted by Gasteiger charge is 2.22. The summed E-state index contributed by atoms with van der Waals surface area (Å²) in [4.78, 5) is 0. The topological polar surface area (TPSA) is 40.8 Å². The van der Waals surface area contributed by atoms with Crippen LogP contribution in [0.5, 0.6) is 0 Å². The number of rotatable bonds is 3. The zero-order valence-electron chi connectivity index (χ0n) is 18.8. The molecule has 0 aliphatic carbocycles. The fourth-order valence-electron chi connectivity index (χ4n) is 4.50. The molecule has 0 unspecified atom stereocenters. The van der Waals surface area contributed by atoms with E-state index in [4.69, 9.17) is 4.42 Å². The molecule has 2 heterocycles. The van der Waals surface area contributed by atoms with Crippen LogP contribution in [-0.4, -0.2) is 0 Å². The second-order valence-electron chi connectivity index (χ2n) is 8.69. The van der Waals surface area contributed by atoms with Gasteiger partial charge in [-0.1, -0.05) is 56.3 Å². The van der Waals surface area contributed by atoms with Crippen molar-refractivity contribution in [1.29, 1.82) is 5.26 Å². The van der Waals surface area contributed by atoms with Gasteiger partial charge in [-0.2, -0.15) is 5.26 Å². The summed E-state index contributed by atoms with van der Waals surface area (Å²) in [7, 11) is 2.04. The molecule has 3 heteroatoms. The molecule has 0 radical (unpaired) electrons. The Morgan fingerprint density at radius 3 is 2.28 bits per heavy atom. The predicted octanol–water partition coefficient (Wildman–Crippen LogP) is 7.05. The lowest BCUT2D eigenvalue weighted by molar-refractivity contribution is -0.660. The third-order valence-electron chi connectivity index (χ3n) is 6.33. The van der Waals surface area contributed by atoms with E-state index in [1.54, 1.807) is 0 Å². The van der Waals surface area contributed by atoms with Crippen molar-refractivity contribution in [3.63, 3.8) is 0 Å². The Morgan fingerprint density at radius 2 is 1.59 bits per heavy atom. The van der Waals surface area contributed by atoms with E-state index >= 15 is 0 Å². The number of pyridine rings is 1. The quantitative estimate of drug-likeness (QED) is 0.295. The van der Waals surface area contributed by atoms with Gasteiger partial charge in [-0.25, -0.2) is 4.57 Å². The van der Waals surface area contributed by atoms with Crippen LogP contribution in [0.25, 0.3) is 44.3 Å². The molecule has 0 amide bonds. The van der Waals surface area contributed by atoms with Gasteiger partial charge >= 0.3 is 0 Å². The lowest BCUT2D eigenvalue weighted by Gasteiger charge is -2.08. The Bertz CT molecular complexity index is 1520. The molecule has 5 aromatic rings. The minimum absolute atomic E-state index is 0.471. The number of aryl methyl sites for hydroxylation is 2. The summed E-state index contributed by atoms with van der Waals surface area (Å²) >= 11 is 0. The number of hydrogen-bond donors (Lipinski definition) is 0. The summed E-state index contributed by atoms with van der Waals surface area (Å²) in [6.45, 7) is 6.47. The molecular formula is C29H25N2O+. The maximum atomic E-state index is 10.1. The summed E-state index contributed by atoms with van der Waals surface area (Å²) in [6, 6.07) is 25.4. The van der Waals surface area contributed by atoms with Gasteiger partial charge in [-0.05, 0) is 41.7 Å². The van der Waals surface area contributed by atoms with Gasteiger partial charge in [0.05, 0.1) is 5.56 Å². The van der Waals surface area contributed by atoms with Gasteiger partial charge in [0.25, 0.3) is 0 Å². The lowest BCUT2D eigenvalue weighted by Crippen LogP contribution is -2.30. The predicted molar refractivity (Wildman–Crippen MR) is 129 cm³/mol. The summed E-state index contributed by atoms with van der Waals surface area (Å²) in [5.74, 6) is 0.471. The van der Waals surface area contributed by atoms with Crippen LogP contribution >= 0.6 is 0 Å². The molecule has 5 rings (SSSR count). The third kappa shape index (κ3) is 3.08. The highest BCUT2D eigenvalue weighted by atomic mass is 16.3. The summed E-state index contributed by atoms with van der Waals surface area (Å²) in [6.07, 6.45) is 2.04. The lowest BCUT2D eigenvalue weighted by atomic mass is 9.94. The average molecular weight is 418 g/mol. The Hall–Kier alpha value is -3.90. The first-order valence-corrected chi connectivity index (χ1v) is 10.9. The van der Waals surface area contributed by atoms with Gasteiger partial charge in [-0.3, -0.25) is 0 Å². The van der Waals surface area contributed by atoms with E-state index in [-0.39, 0.29) is 0 Å². The fraction of sp³-hybridized carbons (Fsp3) is 0.172. The molecule has 0 N–H and O–H groups in total. The minimum Gasteiger partial charge on any atom is -0.454 e. The monoisotopic (exact) mass is 417 g/mol. The first-order valence-electron chi connectivity index (χ1n) is 10.9. The van der Waals surface area contributed by atoms with Crippen LogP contribution < -0.4 is 4.57 Å². The van der Waals surface area contributed by atoms with E-state index in [1.807, 2.05) is 31.4 Å². The van der Waals surface area contributed by atoms with Crippen molar-refractivity contribution in [2.75, 3.05) is 0 Å². The van der Waals surface area contributed by atoms with Gasteiger partial charge in [0.15, 0.2) is 11.8 Å². The number of hydrogen-bond acceptors (Lipinski definition) is 2. The van der Waals surface area contributed by atoms with Gasteiger partial charge in [0.2, 0.25) is 5.69 Å². The van der Waals surface area contributed by atoms with Crippen LogP contribution in [0, 0.1) is 18.3 Å². The number of benzene rings is 3. The highest BCUT2D eigenvalue weighted by molar-refractivity contribution is 6.12. The van der Waals surface area contributed by atoms with Crippen molar-refractivity contribution in [3.05, 3.63) is 89.6 Å². The fourth-order valence-corrected chi connectivity index (χ4v) is 4.50. The Labute approximate surface area is 188 Å². The molecule has 0 saturated carbocycles. The number of nitrogens with zero attached hydrogens (tertiary/aromatic N) is 2. The molecular weight excluding hydrogens is 392 g/mol. The van der Waals surface area contributed by atoms with E-state index in [0.29, 0.717) is 17.1 Å². The number of nitriles is 1. The zero-order chi connectivity index (χ0) is 22.4. The van der Waals surface area contributed by atoms with Crippen LogP contribution in [0.2, 0.25) is 0 Å². The second-order valence-corrected chi connectivity index (χ2v) is 8.69. The van der Waals surface area contributed by atoms with Crippen LogP contribution in [0.4, 0.5) is 0 Å². The van der Waals surface area contributed by atoms with Crippen molar-refractivity contribution in [1.82, 2.24) is 0 Å². The Morgan fingerprint density at radius 1 is 0.875 bits per heavy atom. The van der Waals surface area contributed by atoms with E-state index in [0.717, 1.165) is 44.3 Å². The molecule has 32 heavy (non-hydrogen) atoms. The summed E-state index contributed by atoms with van der Waals surface area (Å²) in [5, 5.41) is 12.1. The minimum atomic E-state index is 0.471. The first kappa shape index (κ1) is 20.0. The molecule has 0 saturated heterocycles. The Kier molecular flexibility index (Phi) is 4.79. The number of furan rings is 1. The SMILES string of the molecule is Cc1ccc2c(oc3c(C#N)c(-c4ccc(C(C)C)cc4)ccc32)c1-c1cccc[n+]1C. The molecule has 2 aromatic heterocycles. The van der Waals surface area contributed by atoms with Gasteiger partial charge in [0.1, 0.15) is 24.3 Å². The maximum Gasteiger partial charge on any atom is 0.216 e. The molecule has 0 aliphatic heterocycles. The van der Waals surface area contributed by atoms with Crippen molar-refractivity contribution in [3.8, 4) is 28.5 Å². The van der Waals surface area contributed by atoms with Crippen molar-refractivity contribution in [2.45, 2.75) is 26.7 Å². The molecule has 0 atom stereocenters. The average Bonchev–Trinajstić information content (AvgIpc) is 3.18. The normalized spacial score (nSPS) is 11.4. The standard InChI is InChI=1S/C29H25N2O/c1-18(2)20-9-11-21(12-10-20)22-14-15-23-24-13-8-19(3)27(26-7-5-6-16-31(26)4)29(24)32-28(23)25(22)17-30/h5-16,18H,1-4H3/q+1. The van der Waals surface area contributed by atoms with Crippen LogP contribution in [0.1, 0.15) is 36.5 Å². The Balaban J connectivity index is 1.79. The molecule has 0 aliphatic rings. The zero-order valence-corrected chi connectivity index (χ0v) is 18.8. The summed E-state index contributed by atoms with van der Waals surface area (Å²) < 4.78 is 8.58. The number of aromatic nitrogens is 1. The largest absolute Gasteiger partial charge is 0.454 e. The van der Waals surface area contributed by atoms with E-state index in [2.05, 4.69) is 79.9 Å². The van der Waals surface area contributed by atoms with Gasteiger partial charge in [0, 0.05) is 28.5 Å². The first-order chi connectivity index (χ1) is 15.5. The smallest absolute Gasteiger partial charge is 0.216 e. The third-order valence-corrected chi connectivity index (χ3v) is 6.33. The van der Waals surface area contributed by atoms with Crippen LogP contribution in [-0.2, 0) is 7.05 Å². The second kappa shape index (κ2) is 7.66. The molecule has 3 aromatic carbocycles. The van der Waals surface area contributed by atoms with Gasteiger partial charge < -0.3 is 4.42 Å². The molecule has 0 spiro atoms. The maximum absolute atomic E-state index is 10.1.